The van der Waals surface area contributed by atoms with E-state index in [-0.39, 0.29) is 5.41 Å². The lowest BCUT2D eigenvalue weighted by molar-refractivity contribution is 0.102. The van der Waals surface area contributed by atoms with E-state index in [1.807, 2.05) is 20.8 Å². The van der Waals surface area contributed by atoms with E-state index in [1.165, 1.54) is 0 Å². The fraction of sp³-hybridized carbons (Fsp3) is 0.667. The van der Waals surface area contributed by atoms with Gasteiger partial charge in [0.2, 0.25) is 5.88 Å². The second-order valence-corrected chi connectivity index (χ2v) is 3.64. The summed E-state index contributed by atoms with van der Waals surface area (Å²) in [6.07, 6.45) is 0. The lowest BCUT2D eigenvalue weighted by Crippen LogP contribution is -2.24. The molecule has 74 valence electrons. The van der Waals surface area contributed by atoms with Crippen LogP contribution in [0.15, 0.2) is 10.6 Å². The molecule has 1 aromatic rings. The van der Waals surface area contributed by atoms with Crippen LogP contribution >= 0.6 is 0 Å². The van der Waals surface area contributed by atoms with Gasteiger partial charge in [0.25, 0.3) is 0 Å². The van der Waals surface area contributed by atoms with Gasteiger partial charge in [0.15, 0.2) is 0 Å². The molecule has 1 rings (SSSR count). The van der Waals surface area contributed by atoms with E-state index in [0.29, 0.717) is 19.1 Å². The molecule has 1 aromatic heterocycles. The number of anilines is 1. The van der Waals surface area contributed by atoms with Crippen LogP contribution in [-0.2, 0) is 10.2 Å². The molecule has 0 aliphatic heterocycles. The predicted octanol–water partition coefficient (Wildman–Crippen LogP) is 1.57. The van der Waals surface area contributed by atoms with Crippen molar-refractivity contribution in [3.8, 4) is 0 Å². The summed E-state index contributed by atoms with van der Waals surface area (Å²) in [6, 6.07) is 1.74. The molecular formula is C9H16N2O2. The quantitative estimate of drug-likeness (QED) is 0.771. The van der Waals surface area contributed by atoms with Crippen molar-refractivity contribution in [1.82, 2.24) is 5.16 Å². The summed E-state index contributed by atoms with van der Waals surface area (Å²) in [5, 5.41) is 3.86. The van der Waals surface area contributed by atoms with E-state index >= 15 is 0 Å². The molecule has 0 atom stereocenters. The van der Waals surface area contributed by atoms with Crippen molar-refractivity contribution in [2.45, 2.75) is 26.2 Å². The van der Waals surface area contributed by atoms with Gasteiger partial charge in [0.05, 0.1) is 12.3 Å². The molecule has 2 N–H and O–H groups in total. The van der Waals surface area contributed by atoms with E-state index in [1.54, 1.807) is 6.07 Å². The first-order valence-electron chi connectivity index (χ1n) is 4.36. The van der Waals surface area contributed by atoms with E-state index in [0.717, 1.165) is 5.69 Å². The third-order valence-electron chi connectivity index (χ3n) is 1.89. The SMILES string of the molecule is CCOCC(C)(C)c1cc(N)on1. The Balaban J connectivity index is 2.68. The van der Waals surface area contributed by atoms with Crippen molar-refractivity contribution in [2.24, 2.45) is 0 Å². The number of nitrogens with zero attached hydrogens (tertiary/aromatic N) is 1. The van der Waals surface area contributed by atoms with Gasteiger partial charge in [-0.05, 0) is 6.92 Å². The summed E-state index contributed by atoms with van der Waals surface area (Å²) in [5.41, 5.74) is 6.12. The maximum atomic E-state index is 5.43. The second-order valence-electron chi connectivity index (χ2n) is 3.64. The highest BCUT2D eigenvalue weighted by atomic mass is 16.5. The lowest BCUT2D eigenvalue weighted by Gasteiger charge is -2.20. The van der Waals surface area contributed by atoms with Crippen LogP contribution in [0.1, 0.15) is 26.5 Å². The van der Waals surface area contributed by atoms with Crippen LogP contribution in [0.5, 0.6) is 0 Å². The smallest absolute Gasteiger partial charge is 0.222 e. The Morgan fingerprint density at radius 1 is 1.62 bits per heavy atom. The lowest BCUT2D eigenvalue weighted by atomic mass is 9.90. The third-order valence-corrected chi connectivity index (χ3v) is 1.89. The largest absolute Gasteiger partial charge is 0.381 e. The van der Waals surface area contributed by atoms with Crippen LogP contribution in [0, 0.1) is 0 Å². The van der Waals surface area contributed by atoms with Crippen molar-refractivity contribution in [2.75, 3.05) is 18.9 Å². The van der Waals surface area contributed by atoms with Crippen molar-refractivity contribution < 1.29 is 9.26 Å². The molecule has 0 radical (unpaired) electrons. The Hall–Kier alpha value is -1.03. The van der Waals surface area contributed by atoms with E-state index in [9.17, 15) is 0 Å². The molecule has 0 aromatic carbocycles. The third kappa shape index (κ3) is 2.45. The zero-order valence-corrected chi connectivity index (χ0v) is 8.33. The summed E-state index contributed by atoms with van der Waals surface area (Å²) < 4.78 is 10.1. The van der Waals surface area contributed by atoms with Gasteiger partial charge < -0.3 is 15.0 Å². The minimum atomic E-state index is -0.142. The summed E-state index contributed by atoms with van der Waals surface area (Å²) in [5.74, 6) is 0.347. The monoisotopic (exact) mass is 184 g/mol. The van der Waals surface area contributed by atoms with Gasteiger partial charge in [-0.2, -0.15) is 0 Å². The van der Waals surface area contributed by atoms with Crippen molar-refractivity contribution >= 4 is 5.88 Å². The Kier molecular flexibility index (Phi) is 2.93. The topological polar surface area (TPSA) is 61.3 Å². The van der Waals surface area contributed by atoms with Crippen LogP contribution in [0.4, 0.5) is 5.88 Å². The van der Waals surface area contributed by atoms with Gasteiger partial charge in [-0.1, -0.05) is 19.0 Å². The predicted molar refractivity (Wildman–Crippen MR) is 50.4 cm³/mol. The molecule has 0 saturated heterocycles. The summed E-state index contributed by atoms with van der Waals surface area (Å²) in [7, 11) is 0. The summed E-state index contributed by atoms with van der Waals surface area (Å²) in [4.78, 5) is 0. The number of nitrogens with two attached hydrogens (primary N) is 1. The molecule has 0 bridgehead atoms. The molecule has 4 nitrogen and oxygen atoms in total. The molecule has 13 heavy (non-hydrogen) atoms. The van der Waals surface area contributed by atoms with Crippen LogP contribution in [0.2, 0.25) is 0 Å². The highest BCUT2D eigenvalue weighted by molar-refractivity contribution is 5.28. The molecule has 0 aliphatic carbocycles. The highest BCUT2D eigenvalue weighted by Gasteiger charge is 2.24. The zero-order valence-electron chi connectivity index (χ0n) is 8.33. The molecule has 0 amide bonds. The maximum Gasteiger partial charge on any atom is 0.222 e. The molecule has 0 fully saturated rings. The van der Waals surface area contributed by atoms with Crippen LogP contribution in [-0.4, -0.2) is 18.4 Å². The molecule has 1 heterocycles. The first-order chi connectivity index (χ1) is 6.06. The normalized spacial score (nSPS) is 11.9. The number of nitrogen functional groups attached to an aromatic ring is 1. The second kappa shape index (κ2) is 3.79. The molecule has 0 spiro atoms. The van der Waals surface area contributed by atoms with E-state index in [2.05, 4.69) is 5.16 Å². The average molecular weight is 184 g/mol. The number of hydrogen-bond acceptors (Lipinski definition) is 4. The Bertz CT molecular complexity index is 268. The Morgan fingerprint density at radius 3 is 2.77 bits per heavy atom. The van der Waals surface area contributed by atoms with Gasteiger partial charge in [-0.3, -0.25) is 0 Å². The van der Waals surface area contributed by atoms with Gasteiger partial charge in [0, 0.05) is 18.1 Å². The number of rotatable bonds is 4. The van der Waals surface area contributed by atoms with Crippen molar-refractivity contribution in [3.63, 3.8) is 0 Å². The minimum Gasteiger partial charge on any atom is -0.381 e. The molecule has 0 saturated carbocycles. The number of hydrogen-bond donors (Lipinski definition) is 1. The first-order valence-corrected chi connectivity index (χ1v) is 4.36. The summed E-state index contributed by atoms with van der Waals surface area (Å²) in [6.45, 7) is 7.37. The number of ether oxygens (including phenoxy) is 1. The molecule has 0 aliphatic rings. The molecule has 0 unspecified atom stereocenters. The van der Waals surface area contributed by atoms with E-state index in [4.69, 9.17) is 15.0 Å². The van der Waals surface area contributed by atoms with Gasteiger partial charge in [-0.15, -0.1) is 0 Å². The molecular weight excluding hydrogens is 168 g/mol. The standard InChI is InChI=1S/C9H16N2O2/c1-4-12-6-9(2,3)7-5-8(10)13-11-7/h5H,4,6,10H2,1-3H3. The fourth-order valence-corrected chi connectivity index (χ4v) is 1.04. The highest BCUT2D eigenvalue weighted by Crippen LogP contribution is 2.23. The Morgan fingerprint density at radius 2 is 2.31 bits per heavy atom. The first kappa shape index (κ1) is 10.1. The molecule has 4 heteroatoms. The Labute approximate surface area is 78.0 Å². The zero-order chi connectivity index (χ0) is 9.90. The van der Waals surface area contributed by atoms with Gasteiger partial charge >= 0.3 is 0 Å². The summed E-state index contributed by atoms with van der Waals surface area (Å²) >= 11 is 0. The van der Waals surface area contributed by atoms with Crippen LogP contribution in [0.3, 0.4) is 0 Å². The van der Waals surface area contributed by atoms with Crippen LogP contribution in [0.25, 0.3) is 0 Å². The van der Waals surface area contributed by atoms with E-state index < -0.39 is 0 Å². The van der Waals surface area contributed by atoms with Crippen molar-refractivity contribution in [1.29, 1.82) is 0 Å². The van der Waals surface area contributed by atoms with Gasteiger partial charge in [-0.25, -0.2) is 0 Å². The van der Waals surface area contributed by atoms with Crippen molar-refractivity contribution in [3.05, 3.63) is 11.8 Å². The maximum absolute atomic E-state index is 5.43. The number of aromatic nitrogens is 1. The fourth-order valence-electron chi connectivity index (χ4n) is 1.04. The average Bonchev–Trinajstić information content (AvgIpc) is 2.49. The van der Waals surface area contributed by atoms with Crippen LogP contribution < -0.4 is 5.73 Å². The minimum absolute atomic E-state index is 0.142. The van der Waals surface area contributed by atoms with Gasteiger partial charge in [0.1, 0.15) is 0 Å².